The molecule has 1 fully saturated rings. The molecule has 0 amide bonds. The predicted octanol–water partition coefficient (Wildman–Crippen LogP) is 0.801. The number of sulfonamides is 1. The third-order valence-electron chi connectivity index (χ3n) is 4.54. The molecule has 2 heterocycles. The Morgan fingerprint density at radius 3 is 2.68 bits per heavy atom. The van der Waals surface area contributed by atoms with Crippen molar-refractivity contribution in [2.45, 2.75) is 52.2 Å². The van der Waals surface area contributed by atoms with Crippen LogP contribution in [0.25, 0.3) is 0 Å². The zero-order valence-electron chi connectivity index (χ0n) is 13.4. The minimum absolute atomic E-state index is 0.0694. The minimum atomic E-state index is -3.27. The molecule has 0 bridgehead atoms. The zero-order chi connectivity index (χ0) is 16.0. The Morgan fingerprint density at radius 1 is 1.32 bits per heavy atom. The molecule has 124 valence electrons. The third kappa shape index (κ3) is 3.18. The Bertz CT molecular complexity index is 645. The van der Waals surface area contributed by atoms with Gasteiger partial charge < -0.3 is 9.30 Å². The molecule has 1 aliphatic carbocycles. The van der Waals surface area contributed by atoms with Crippen molar-refractivity contribution in [3.05, 3.63) is 11.6 Å². The molecular weight excluding hydrogens is 304 g/mol. The van der Waals surface area contributed by atoms with E-state index in [0.29, 0.717) is 26.3 Å². The van der Waals surface area contributed by atoms with E-state index in [2.05, 4.69) is 24.0 Å². The number of ether oxygens (including phenoxy) is 1. The van der Waals surface area contributed by atoms with Gasteiger partial charge in [-0.1, -0.05) is 13.8 Å². The molecule has 0 atom stereocenters. The van der Waals surface area contributed by atoms with Crippen molar-refractivity contribution in [1.82, 2.24) is 19.1 Å². The summed E-state index contributed by atoms with van der Waals surface area (Å²) in [6.45, 7) is 6.59. The molecule has 7 nitrogen and oxygen atoms in total. The molecule has 0 N–H and O–H groups in total. The monoisotopic (exact) mass is 328 g/mol. The van der Waals surface area contributed by atoms with Crippen LogP contribution in [0.3, 0.4) is 0 Å². The first-order chi connectivity index (χ1) is 10.3. The second-order valence-corrected chi connectivity index (χ2v) is 9.02. The maximum absolute atomic E-state index is 12.2. The van der Waals surface area contributed by atoms with Gasteiger partial charge in [0, 0.05) is 19.0 Å². The fourth-order valence-electron chi connectivity index (χ4n) is 3.43. The summed E-state index contributed by atoms with van der Waals surface area (Å²) in [4.78, 5) is 0. The summed E-state index contributed by atoms with van der Waals surface area (Å²) in [6.07, 6.45) is 3.79. The van der Waals surface area contributed by atoms with Crippen LogP contribution < -0.4 is 0 Å². The van der Waals surface area contributed by atoms with Gasteiger partial charge in [-0.2, -0.15) is 4.31 Å². The highest BCUT2D eigenvalue weighted by Gasteiger charge is 2.43. The quantitative estimate of drug-likeness (QED) is 0.817. The first kappa shape index (κ1) is 15.9. The van der Waals surface area contributed by atoms with Crippen molar-refractivity contribution >= 4 is 10.0 Å². The molecule has 0 radical (unpaired) electrons. The number of nitrogens with zero attached hydrogens (tertiary/aromatic N) is 4. The highest BCUT2D eigenvalue weighted by Crippen LogP contribution is 2.43. The van der Waals surface area contributed by atoms with Crippen LogP contribution in [0.4, 0.5) is 0 Å². The van der Waals surface area contributed by atoms with Gasteiger partial charge in [-0.3, -0.25) is 0 Å². The van der Waals surface area contributed by atoms with Gasteiger partial charge >= 0.3 is 0 Å². The largest absolute Gasteiger partial charge is 0.379 e. The molecule has 0 saturated heterocycles. The van der Waals surface area contributed by atoms with E-state index in [1.54, 1.807) is 4.31 Å². The normalized spacial score (nSPS) is 22.2. The molecule has 8 heteroatoms. The van der Waals surface area contributed by atoms with Gasteiger partial charge in [0.1, 0.15) is 11.6 Å². The lowest BCUT2D eigenvalue weighted by atomic mass is 9.68. The summed E-state index contributed by atoms with van der Waals surface area (Å²) >= 11 is 0. The molecule has 3 rings (SSSR count). The molecule has 1 aliphatic heterocycles. The van der Waals surface area contributed by atoms with E-state index in [0.717, 1.165) is 30.9 Å². The summed E-state index contributed by atoms with van der Waals surface area (Å²) in [5, 5.41) is 8.42. The summed E-state index contributed by atoms with van der Waals surface area (Å²) < 4.78 is 33.4. The summed E-state index contributed by atoms with van der Waals surface area (Å²) in [5.41, 5.74) is 0.225. The van der Waals surface area contributed by atoms with Crippen LogP contribution in [0.15, 0.2) is 0 Å². The smallest absolute Gasteiger partial charge is 0.211 e. The lowest BCUT2D eigenvalue weighted by molar-refractivity contribution is 0.0691. The van der Waals surface area contributed by atoms with E-state index in [4.69, 9.17) is 4.74 Å². The average Bonchev–Trinajstić information content (AvgIpc) is 2.60. The van der Waals surface area contributed by atoms with E-state index in [9.17, 15) is 8.42 Å². The topological polar surface area (TPSA) is 77.3 Å². The second-order valence-electron chi connectivity index (χ2n) is 7.08. The second kappa shape index (κ2) is 5.58. The first-order valence-electron chi connectivity index (χ1n) is 7.72. The van der Waals surface area contributed by atoms with Crippen molar-refractivity contribution < 1.29 is 13.2 Å². The van der Waals surface area contributed by atoms with E-state index in [1.165, 1.54) is 6.26 Å². The number of hydrogen-bond donors (Lipinski definition) is 0. The maximum atomic E-state index is 12.2. The molecule has 0 spiro atoms. The third-order valence-corrected chi connectivity index (χ3v) is 5.82. The Morgan fingerprint density at radius 2 is 2.05 bits per heavy atom. The lowest BCUT2D eigenvalue weighted by Gasteiger charge is -2.47. The van der Waals surface area contributed by atoms with Crippen molar-refractivity contribution in [2.75, 3.05) is 19.5 Å². The SMILES string of the molecule is CC1(C)CC(N(Cc2nnc3n2CCOCC3)S(C)(=O)=O)C1. The fraction of sp³-hybridized carbons (Fsp3) is 0.857. The molecule has 1 saturated carbocycles. The summed E-state index contributed by atoms with van der Waals surface area (Å²) in [6, 6.07) is 0.0694. The van der Waals surface area contributed by atoms with E-state index >= 15 is 0 Å². The first-order valence-corrected chi connectivity index (χ1v) is 9.57. The molecule has 2 aliphatic rings. The standard InChI is InChI=1S/C14H24N4O3S/c1-14(2)8-11(9-14)18(22(3,19)20)10-13-16-15-12-4-6-21-7-5-17(12)13/h11H,4-10H2,1-3H3. The van der Waals surface area contributed by atoms with Gasteiger partial charge in [0.2, 0.25) is 10.0 Å². The molecule has 1 aromatic heterocycles. The number of hydrogen-bond acceptors (Lipinski definition) is 5. The maximum Gasteiger partial charge on any atom is 0.211 e. The predicted molar refractivity (Wildman–Crippen MR) is 81.7 cm³/mol. The van der Waals surface area contributed by atoms with Crippen LogP contribution in [0.5, 0.6) is 0 Å². The number of rotatable bonds is 4. The minimum Gasteiger partial charge on any atom is -0.379 e. The molecule has 0 unspecified atom stereocenters. The van der Waals surface area contributed by atoms with Crippen molar-refractivity contribution in [1.29, 1.82) is 0 Å². The van der Waals surface area contributed by atoms with Gasteiger partial charge in [-0.05, 0) is 18.3 Å². The van der Waals surface area contributed by atoms with Crippen LogP contribution in [-0.2, 0) is 34.3 Å². The van der Waals surface area contributed by atoms with Gasteiger partial charge in [0.05, 0.1) is 26.0 Å². The van der Waals surface area contributed by atoms with Crippen LogP contribution in [0, 0.1) is 5.41 Å². The summed E-state index contributed by atoms with van der Waals surface area (Å²) in [7, 11) is -3.27. The zero-order valence-corrected chi connectivity index (χ0v) is 14.3. The molecule has 22 heavy (non-hydrogen) atoms. The van der Waals surface area contributed by atoms with Crippen molar-refractivity contribution in [2.24, 2.45) is 5.41 Å². The highest BCUT2D eigenvalue weighted by atomic mass is 32.2. The molecule has 0 aromatic carbocycles. The van der Waals surface area contributed by atoms with E-state index in [-0.39, 0.29) is 11.5 Å². The Hall–Kier alpha value is -0.990. The van der Waals surface area contributed by atoms with Crippen LogP contribution in [0.2, 0.25) is 0 Å². The summed E-state index contributed by atoms with van der Waals surface area (Å²) in [5.74, 6) is 1.60. The number of fused-ring (bicyclic) bond motifs is 1. The van der Waals surface area contributed by atoms with Crippen molar-refractivity contribution in [3.63, 3.8) is 0 Å². The Labute approximate surface area is 131 Å². The highest BCUT2D eigenvalue weighted by molar-refractivity contribution is 7.88. The van der Waals surface area contributed by atoms with Crippen LogP contribution >= 0.6 is 0 Å². The Kier molecular flexibility index (Phi) is 4.03. The van der Waals surface area contributed by atoms with E-state index < -0.39 is 10.0 Å². The Balaban J connectivity index is 1.81. The fourth-order valence-corrected chi connectivity index (χ4v) is 4.47. The van der Waals surface area contributed by atoms with Gasteiger partial charge in [0.15, 0.2) is 0 Å². The number of aromatic nitrogens is 3. The van der Waals surface area contributed by atoms with Gasteiger partial charge in [-0.15, -0.1) is 10.2 Å². The molecular formula is C14H24N4O3S. The van der Waals surface area contributed by atoms with Gasteiger partial charge in [0.25, 0.3) is 0 Å². The van der Waals surface area contributed by atoms with Crippen molar-refractivity contribution in [3.8, 4) is 0 Å². The van der Waals surface area contributed by atoms with Crippen LogP contribution in [0.1, 0.15) is 38.3 Å². The van der Waals surface area contributed by atoms with Crippen LogP contribution in [-0.4, -0.2) is 53.0 Å². The molecule has 1 aromatic rings. The lowest BCUT2D eigenvalue weighted by Crippen LogP contribution is -2.50. The van der Waals surface area contributed by atoms with E-state index in [1.807, 2.05) is 4.57 Å². The van der Waals surface area contributed by atoms with Gasteiger partial charge in [-0.25, -0.2) is 8.42 Å². The average molecular weight is 328 g/mol.